The summed E-state index contributed by atoms with van der Waals surface area (Å²) in [4.78, 5) is 102. The van der Waals surface area contributed by atoms with Gasteiger partial charge in [0.05, 0.1) is 216 Å². The molecule has 6 N–H and O–H groups in total. The van der Waals surface area contributed by atoms with Crippen LogP contribution >= 0.6 is 0 Å². The first-order valence-corrected chi connectivity index (χ1v) is 47.9. The second-order valence-electron chi connectivity index (χ2n) is 33.8. The van der Waals surface area contributed by atoms with Gasteiger partial charge in [-0.3, -0.25) is 19.2 Å². The average Bonchev–Trinajstić information content (AvgIpc) is 0.776. The Hall–Kier alpha value is -6.15. The maximum absolute atomic E-state index is 15.3. The third-order valence-corrected chi connectivity index (χ3v) is 23.6. The summed E-state index contributed by atoms with van der Waals surface area (Å²) in [5, 5.41) is 29.9. The molecule has 0 aromatic carbocycles. The fourth-order valence-corrected chi connectivity index (χ4v) is 15.9. The number of carbonyl (C=O) groups is 7. The molecule has 0 radical (unpaired) electrons. The normalized spacial score (nSPS) is 27.1. The molecule has 132 heavy (non-hydrogen) atoms. The lowest BCUT2D eigenvalue weighted by atomic mass is 9.80. The molecule has 1 aliphatic carbocycles. The zero-order chi connectivity index (χ0) is 95.8. The number of hydrogen-bond donors (Lipinski definition) is 5. The van der Waals surface area contributed by atoms with E-state index < -0.39 is 114 Å². The van der Waals surface area contributed by atoms with Crippen LogP contribution < -0.4 is 16.4 Å². The summed E-state index contributed by atoms with van der Waals surface area (Å²) < 4.78 is 126. The summed E-state index contributed by atoms with van der Waals surface area (Å²) in [5.74, 6) is -8.43. The fraction of sp³-hybridized carbons (Fsp3) is 0.802. The number of aliphatic hydroxyl groups is 2. The van der Waals surface area contributed by atoms with E-state index in [9.17, 15) is 39.0 Å². The van der Waals surface area contributed by atoms with Crippen LogP contribution in [0.1, 0.15) is 152 Å². The Morgan fingerprint density at radius 1 is 0.568 bits per heavy atom. The second kappa shape index (κ2) is 71.3. The Morgan fingerprint density at radius 3 is 1.58 bits per heavy atom. The van der Waals surface area contributed by atoms with Gasteiger partial charge < -0.3 is 141 Å². The molecule has 36 nitrogen and oxygen atoms in total. The summed E-state index contributed by atoms with van der Waals surface area (Å²) in [6.45, 7) is 27.7. The van der Waals surface area contributed by atoms with Crippen LogP contribution in [0.5, 0.6) is 0 Å². The number of allylic oxidation sites excluding steroid dienone is 7. The van der Waals surface area contributed by atoms with Crippen LogP contribution in [0.3, 0.4) is 0 Å². The Labute approximate surface area is 783 Å². The lowest BCUT2D eigenvalue weighted by molar-refractivity contribution is -0.265. The lowest BCUT2D eigenvalue weighted by Gasteiger charge is -2.43. The van der Waals surface area contributed by atoms with Crippen LogP contribution in [-0.4, -0.2) is 381 Å². The van der Waals surface area contributed by atoms with E-state index in [1.165, 1.54) is 19.8 Å². The van der Waals surface area contributed by atoms with Gasteiger partial charge in [0.15, 0.2) is 5.78 Å². The summed E-state index contributed by atoms with van der Waals surface area (Å²) in [7, 11) is 4.44. The number of rotatable bonds is 59. The third-order valence-electron chi connectivity index (χ3n) is 23.6. The van der Waals surface area contributed by atoms with Crippen LogP contribution in [0.15, 0.2) is 71.4 Å². The number of nitrogens with zero attached hydrogens (tertiary/aromatic N) is 2. The molecule has 4 heterocycles. The number of piperidine rings is 1. The van der Waals surface area contributed by atoms with E-state index >= 15 is 4.79 Å². The molecular formula is C96H163N5O31. The molecule has 2 saturated heterocycles. The van der Waals surface area contributed by atoms with Crippen LogP contribution in [0.2, 0.25) is 0 Å². The van der Waals surface area contributed by atoms with Crippen molar-refractivity contribution in [1.29, 1.82) is 0 Å². The number of nitrogens with one attached hydrogen (secondary N) is 2. The molecule has 0 spiro atoms. The Kier molecular flexibility index (Phi) is 62.9. The molecule has 16 atom stereocenters. The first kappa shape index (κ1) is 116. The van der Waals surface area contributed by atoms with Gasteiger partial charge in [-0.1, -0.05) is 89.3 Å². The minimum absolute atomic E-state index is 0.000116. The van der Waals surface area contributed by atoms with Gasteiger partial charge in [0, 0.05) is 97.3 Å². The molecule has 4 aliphatic heterocycles. The van der Waals surface area contributed by atoms with E-state index in [-0.39, 0.29) is 102 Å². The number of ketones is 2. The largest absolute Gasteiger partial charge is 0.459 e. The molecule has 5 aliphatic rings. The number of Topliss-reactive ketones (excluding diaryl/α,β-unsaturated/α-hetero) is 2. The maximum Gasteiger partial charge on any atom is 0.407 e. The molecule has 2 bridgehead atoms. The van der Waals surface area contributed by atoms with Crippen LogP contribution in [0, 0.1) is 29.6 Å². The highest BCUT2D eigenvalue weighted by Crippen LogP contribution is 2.38. The molecular weight excluding hydrogens is 1720 g/mol. The lowest BCUT2D eigenvalue weighted by Crippen LogP contribution is -2.61. The van der Waals surface area contributed by atoms with Crippen molar-refractivity contribution < 1.29 is 148 Å². The van der Waals surface area contributed by atoms with Crippen molar-refractivity contribution in [1.82, 2.24) is 20.4 Å². The molecule has 0 aromatic heterocycles. The number of alkyl carbamates (subject to hydrolysis) is 2. The van der Waals surface area contributed by atoms with Crippen molar-refractivity contribution >= 4 is 41.5 Å². The van der Waals surface area contributed by atoms with Crippen molar-refractivity contribution in [2.24, 2.45) is 35.3 Å². The highest BCUT2D eigenvalue weighted by Gasteiger charge is 2.53. The van der Waals surface area contributed by atoms with Gasteiger partial charge in [-0.2, -0.15) is 0 Å². The second-order valence-corrected chi connectivity index (χ2v) is 33.8. The molecule has 0 aromatic rings. The number of esters is 1. The zero-order valence-electron chi connectivity index (χ0n) is 80.9. The van der Waals surface area contributed by atoms with Crippen molar-refractivity contribution in [2.75, 3.05) is 252 Å². The van der Waals surface area contributed by atoms with Gasteiger partial charge in [-0.05, 0) is 126 Å². The number of methoxy groups -OCH3 is 3. The van der Waals surface area contributed by atoms with Crippen LogP contribution in [-0.2, 0) is 128 Å². The first-order chi connectivity index (χ1) is 64.0. The van der Waals surface area contributed by atoms with Crippen LogP contribution in [0.4, 0.5) is 9.59 Å². The number of nitrogens with two attached hydrogens (primary N) is 1. The van der Waals surface area contributed by atoms with Crippen molar-refractivity contribution in [2.45, 2.75) is 218 Å². The van der Waals surface area contributed by atoms with Gasteiger partial charge in [-0.25, -0.2) is 14.4 Å². The predicted molar refractivity (Wildman–Crippen MR) is 491 cm³/mol. The van der Waals surface area contributed by atoms with E-state index in [2.05, 4.69) is 35.8 Å². The maximum atomic E-state index is 15.3. The van der Waals surface area contributed by atoms with Crippen molar-refractivity contribution in [3.05, 3.63) is 71.4 Å². The van der Waals surface area contributed by atoms with Crippen molar-refractivity contribution in [3.8, 4) is 0 Å². The van der Waals surface area contributed by atoms with Crippen molar-refractivity contribution in [3.63, 3.8) is 0 Å². The average molecular weight is 1880 g/mol. The van der Waals surface area contributed by atoms with E-state index in [0.29, 0.717) is 235 Å². The van der Waals surface area contributed by atoms with E-state index in [1.807, 2.05) is 56.1 Å². The SMILES string of the molecule is CC/C=C/C1=CCN(C(=O)CCOCCOCCOCCOCCOCCOCCOCCOCCNC(=O)O[C@@H]2C[C@@H]([C@H](N)C[C@@H]3CC[C@@H](OC(=O)NCCOCCOCCOCCOCCOCCOCCOCC)[C@H](OC)C3)OC(=O)[C@@H]3CCCCN3C(=O)C(=O)[C@]3(O)O[C@@H](CC[C@H]3C)C[C@H](OC)/C(C)=C/C=C/C=C/[C@@H](C)C[C@@H](C)C(=O)[C@H](OC)[C@H](O)/C(C)=C/[C@H]2C)CC1. The number of carbonyl (C=O) groups excluding carboxylic acids is 7. The van der Waals surface area contributed by atoms with Gasteiger partial charge in [0.2, 0.25) is 11.7 Å². The Morgan fingerprint density at radius 2 is 1.08 bits per heavy atom. The smallest absolute Gasteiger partial charge is 0.407 e. The van der Waals surface area contributed by atoms with Gasteiger partial charge >= 0.3 is 18.2 Å². The van der Waals surface area contributed by atoms with Gasteiger partial charge in [0.25, 0.3) is 11.7 Å². The zero-order valence-corrected chi connectivity index (χ0v) is 80.9. The number of aliphatic hydroxyl groups excluding tert-OH is 1. The number of cyclic esters (lactones) is 1. The van der Waals surface area contributed by atoms with Gasteiger partial charge in [0.1, 0.15) is 36.6 Å². The van der Waals surface area contributed by atoms with E-state index in [4.69, 9.17) is 110 Å². The molecule has 758 valence electrons. The highest BCUT2D eigenvalue weighted by atomic mass is 16.6. The highest BCUT2D eigenvalue weighted by molar-refractivity contribution is 6.39. The first-order valence-electron chi connectivity index (χ1n) is 47.9. The number of amides is 4. The minimum atomic E-state index is -2.55. The quantitative estimate of drug-likeness (QED) is 0.0127. The Balaban J connectivity index is 1.16. The summed E-state index contributed by atoms with van der Waals surface area (Å²) in [5.41, 5.74) is 9.76. The topological polar surface area (TPSA) is 420 Å². The monoisotopic (exact) mass is 1880 g/mol. The predicted octanol–water partition coefficient (Wildman–Crippen LogP) is 7.92. The molecule has 36 heteroatoms. The number of fused-ring (bicyclic) bond motifs is 3. The molecule has 1 saturated carbocycles. The number of hydrogen-bond acceptors (Lipinski definition) is 32. The molecule has 3 fully saturated rings. The number of ether oxygens (including phenoxy) is 22. The summed E-state index contributed by atoms with van der Waals surface area (Å²) in [6.07, 6.45) is 14.3. The molecule has 5 rings (SSSR count). The molecule has 0 unspecified atom stereocenters. The van der Waals surface area contributed by atoms with E-state index in [0.717, 1.165) is 29.9 Å². The van der Waals surface area contributed by atoms with E-state index in [1.54, 1.807) is 40.9 Å². The molecule has 4 amide bonds. The minimum Gasteiger partial charge on any atom is -0.459 e. The summed E-state index contributed by atoms with van der Waals surface area (Å²) >= 11 is 0. The van der Waals surface area contributed by atoms with Crippen LogP contribution in [0.25, 0.3) is 0 Å². The fourth-order valence-electron chi connectivity index (χ4n) is 15.9. The third kappa shape index (κ3) is 47.8. The standard InChI is InChI=1S/C96H163N5O31/c1-12-14-22-77-28-34-100(35-29-77)87(102)30-36-115-41-44-119-49-52-123-57-60-127-63-64-128-62-59-125-54-51-121-46-43-117-38-32-99-95(109)131-84-70-85(80(97)67-78-25-27-82(86(68-78)112-10)130-94(108)98-31-37-116-42-45-120-50-53-124-58-61-126-56-55-122-48-47-118-40-39-114-13-2)129-93(107)81-23-18-19-33-101(81)92(106)91(105)96(110)76(8)24-26-79(132-96)69-83(111-9)72(4)21-17-15-16-20-71(3)65-74(6)88(103)90(113-11)89(104)75(7)66-73(84)5/h14-17,20-22,28,66,71,73-74,76,78-86,89-90,104,110H,12-13,18-19,23-27,29-65,67-70,97H2,1-11H3,(H,98,108)(H,99,109)/b17-15+,20-16+,22-14+,72-21+,75-66+/t71-,73-,74-,76-,78+,79+,80-,81+,82-,83+,84-,85+,86-,89-,90+,96-/m1/s1. The Bertz CT molecular complexity index is 3350. The summed E-state index contributed by atoms with van der Waals surface area (Å²) in [6, 6.07) is -2.33. The van der Waals surface area contributed by atoms with Gasteiger partial charge in [-0.15, -0.1) is 0 Å².